The second-order valence-corrected chi connectivity index (χ2v) is 6.25. The Balaban J connectivity index is 2.52. The summed E-state index contributed by atoms with van der Waals surface area (Å²) in [7, 11) is 0. The molecule has 0 saturated heterocycles. The maximum atomic E-state index is 12.0. The Kier molecular flexibility index (Phi) is 3.93. The number of hydrogen-bond donors (Lipinski definition) is 1. The number of Topliss-reactive ketones (excluding diaryl/α,β-unsaturated/α-hetero) is 1. The van der Waals surface area contributed by atoms with Crippen LogP contribution in [0, 0.1) is 17.8 Å². The van der Waals surface area contributed by atoms with Gasteiger partial charge in [0, 0.05) is 17.9 Å². The molecule has 1 aliphatic carbocycles. The molecule has 1 rings (SSSR count). The maximum absolute atomic E-state index is 12.0. The van der Waals surface area contributed by atoms with Crippen LogP contribution in [0.3, 0.4) is 0 Å². The molecule has 15 heavy (non-hydrogen) atoms. The Bertz CT molecular complexity index is 219. The van der Waals surface area contributed by atoms with E-state index in [4.69, 9.17) is 5.73 Å². The zero-order valence-electron chi connectivity index (χ0n) is 10.5. The van der Waals surface area contributed by atoms with Gasteiger partial charge in [-0.05, 0) is 44.9 Å². The monoisotopic (exact) mass is 211 g/mol. The van der Waals surface area contributed by atoms with E-state index in [1.54, 1.807) is 0 Å². The zero-order valence-corrected chi connectivity index (χ0v) is 10.5. The van der Waals surface area contributed by atoms with Gasteiger partial charge < -0.3 is 5.73 Å². The van der Waals surface area contributed by atoms with E-state index in [9.17, 15) is 4.79 Å². The number of nitrogens with two attached hydrogens (primary N) is 1. The highest BCUT2D eigenvalue weighted by Gasteiger charge is 2.30. The lowest BCUT2D eigenvalue weighted by Crippen LogP contribution is -2.38. The van der Waals surface area contributed by atoms with Gasteiger partial charge in [0.2, 0.25) is 0 Å². The van der Waals surface area contributed by atoms with Gasteiger partial charge >= 0.3 is 0 Å². The van der Waals surface area contributed by atoms with E-state index in [0.717, 1.165) is 12.8 Å². The summed E-state index contributed by atoms with van der Waals surface area (Å²) in [5, 5.41) is 0. The number of carbonyl (C=O) groups is 1. The Morgan fingerprint density at radius 2 is 1.67 bits per heavy atom. The molecule has 0 heterocycles. The fourth-order valence-electron chi connectivity index (χ4n) is 2.80. The van der Waals surface area contributed by atoms with Crippen LogP contribution < -0.4 is 5.73 Å². The van der Waals surface area contributed by atoms with Crippen LogP contribution in [0.15, 0.2) is 0 Å². The molecule has 0 radical (unpaired) electrons. The maximum Gasteiger partial charge on any atom is 0.137 e. The van der Waals surface area contributed by atoms with Crippen LogP contribution in [0.5, 0.6) is 0 Å². The largest absolute Gasteiger partial charge is 0.325 e. The summed E-state index contributed by atoms with van der Waals surface area (Å²) in [6, 6.07) is 0. The summed E-state index contributed by atoms with van der Waals surface area (Å²) in [4.78, 5) is 12.0. The lowest BCUT2D eigenvalue weighted by molar-refractivity contribution is -0.125. The van der Waals surface area contributed by atoms with E-state index < -0.39 is 0 Å². The second-order valence-electron chi connectivity index (χ2n) is 6.25. The van der Waals surface area contributed by atoms with Gasteiger partial charge in [0.05, 0.1) is 0 Å². The zero-order chi connectivity index (χ0) is 11.6. The van der Waals surface area contributed by atoms with Gasteiger partial charge in [0.1, 0.15) is 5.78 Å². The fourth-order valence-corrected chi connectivity index (χ4v) is 2.80. The van der Waals surface area contributed by atoms with Crippen molar-refractivity contribution in [2.75, 3.05) is 0 Å². The standard InChI is InChI=1S/C13H25NO/c1-9-5-10(2)7-11(6-9)12(15)8-13(3,4)14/h9-11H,5-8,14H2,1-4H3. The molecule has 88 valence electrons. The summed E-state index contributed by atoms with van der Waals surface area (Å²) in [5.74, 6) is 2.04. The highest BCUT2D eigenvalue weighted by atomic mass is 16.1. The van der Waals surface area contributed by atoms with Crippen LogP contribution in [0.1, 0.15) is 53.4 Å². The average Bonchev–Trinajstić information content (AvgIpc) is 1.98. The quantitative estimate of drug-likeness (QED) is 0.780. The lowest BCUT2D eigenvalue weighted by atomic mass is 9.73. The normalized spacial score (nSPS) is 32.7. The molecule has 0 spiro atoms. The Labute approximate surface area is 93.6 Å². The van der Waals surface area contributed by atoms with Crippen LogP contribution in [0.25, 0.3) is 0 Å². The predicted octanol–water partition coefficient (Wildman–Crippen LogP) is 2.76. The Hall–Kier alpha value is -0.370. The van der Waals surface area contributed by atoms with Crippen molar-refractivity contribution in [2.24, 2.45) is 23.5 Å². The van der Waals surface area contributed by atoms with Crippen molar-refractivity contribution in [1.82, 2.24) is 0 Å². The second kappa shape index (κ2) is 4.65. The highest BCUT2D eigenvalue weighted by molar-refractivity contribution is 5.82. The van der Waals surface area contributed by atoms with Crippen LogP contribution >= 0.6 is 0 Å². The Morgan fingerprint density at radius 3 is 2.07 bits per heavy atom. The summed E-state index contributed by atoms with van der Waals surface area (Å²) >= 11 is 0. The molecule has 0 bridgehead atoms. The molecule has 0 aromatic rings. The number of ketones is 1. The van der Waals surface area contributed by atoms with Crippen LogP contribution in [-0.2, 0) is 4.79 Å². The van der Waals surface area contributed by atoms with Gasteiger partial charge in [-0.3, -0.25) is 4.79 Å². The third-order valence-electron chi connectivity index (χ3n) is 3.26. The molecular weight excluding hydrogens is 186 g/mol. The molecule has 2 atom stereocenters. The first-order valence-electron chi connectivity index (χ1n) is 6.09. The van der Waals surface area contributed by atoms with E-state index >= 15 is 0 Å². The van der Waals surface area contributed by atoms with Crippen molar-refractivity contribution in [3.8, 4) is 0 Å². The molecular formula is C13H25NO. The Morgan fingerprint density at radius 1 is 1.20 bits per heavy atom. The van der Waals surface area contributed by atoms with Crippen molar-refractivity contribution < 1.29 is 4.79 Å². The smallest absolute Gasteiger partial charge is 0.137 e. The third kappa shape index (κ3) is 4.33. The van der Waals surface area contributed by atoms with Gasteiger partial charge in [-0.1, -0.05) is 13.8 Å². The minimum atomic E-state index is -0.346. The minimum absolute atomic E-state index is 0.270. The molecule has 0 aromatic carbocycles. The van der Waals surface area contributed by atoms with E-state index in [1.165, 1.54) is 6.42 Å². The number of hydrogen-bond acceptors (Lipinski definition) is 2. The van der Waals surface area contributed by atoms with Gasteiger partial charge in [-0.2, -0.15) is 0 Å². The van der Waals surface area contributed by atoms with E-state index in [1.807, 2.05) is 13.8 Å². The molecule has 0 aliphatic heterocycles. The molecule has 1 aliphatic rings. The minimum Gasteiger partial charge on any atom is -0.325 e. The van der Waals surface area contributed by atoms with Gasteiger partial charge in [0.25, 0.3) is 0 Å². The summed E-state index contributed by atoms with van der Waals surface area (Å²) in [6.45, 7) is 8.37. The van der Waals surface area contributed by atoms with E-state index in [2.05, 4.69) is 13.8 Å². The first-order chi connectivity index (χ1) is 6.78. The summed E-state index contributed by atoms with van der Waals surface area (Å²) < 4.78 is 0. The first-order valence-corrected chi connectivity index (χ1v) is 6.09. The van der Waals surface area contributed by atoms with Crippen molar-refractivity contribution in [2.45, 2.75) is 58.9 Å². The molecule has 1 fully saturated rings. The molecule has 2 unspecified atom stereocenters. The van der Waals surface area contributed by atoms with Gasteiger partial charge in [0.15, 0.2) is 0 Å². The molecule has 0 amide bonds. The van der Waals surface area contributed by atoms with E-state index in [0.29, 0.717) is 24.0 Å². The molecule has 2 N–H and O–H groups in total. The molecule has 2 nitrogen and oxygen atoms in total. The van der Waals surface area contributed by atoms with Crippen LogP contribution in [-0.4, -0.2) is 11.3 Å². The third-order valence-corrected chi connectivity index (χ3v) is 3.26. The summed E-state index contributed by atoms with van der Waals surface area (Å²) in [5.41, 5.74) is 5.55. The van der Waals surface area contributed by atoms with Crippen molar-refractivity contribution >= 4 is 5.78 Å². The van der Waals surface area contributed by atoms with Crippen LogP contribution in [0.4, 0.5) is 0 Å². The van der Waals surface area contributed by atoms with Gasteiger partial charge in [-0.25, -0.2) is 0 Å². The number of carbonyl (C=O) groups excluding carboxylic acids is 1. The summed E-state index contributed by atoms with van der Waals surface area (Å²) in [6.07, 6.45) is 3.94. The van der Waals surface area contributed by atoms with E-state index in [-0.39, 0.29) is 11.5 Å². The van der Waals surface area contributed by atoms with Gasteiger partial charge in [-0.15, -0.1) is 0 Å². The van der Waals surface area contributed by atoms with Crippen molar-refractivity contribution in [3.63, 3.8) is 0 Å². The fraction of sp³-hybridized carbons (Fsp3) is 0.923. The van der Waals surface area contributed by atoms with Crippen molar-refractivity contribution in [1.29, 1.82) is 0 Å². The molecule has 1 saturated carbocycles. The lowest BCUT2D eigenvalue weighted by Gasteiger charge is -2.32. The molecule has 2 heteroatoms. The number of rotatable bonds is 3. The first kappa shape index (κ1) is 12.7. The van der Waals surface area contributed by atoms with Crippen molar-refractivity contribution in [3.05, 3.63) is 0 Å². The SMILES string of the molecule is CC1CC(C)CC(C(=O)CC(C)(C)N)C1. The molecule has 0 aromatic heterocycles. The average molecular weight is 211 g/mol. The highest BCUT2D eigenvalue weighted by Crippen LogP contribution is 2.34. The predicted molar refractivity (Wildman–Crippen MR) is 63.6 cm³/mol. The van der Waals surface area contributed by atoms with Crippen LogP contribution in [0.2, 0.25) is 0 Å². The topological polar surface area (TPSA) is 43.1 Å².